The highest BCUT2D eigenvalue weighted by molar-refractivity contribution is 5.81. The molecule has 2 saturated heterocycles. The standard InChI is InChI=1S/C21H26N6/c1-4-12-26(13-5-1)20-21(25-18-9-3-2-8-17(18)24-20)27-14-6-7-16(15-27)19-22-10-11-23-19/h2-3,8-11,16H,1,4-7,12-15H2,(H,22,23). The Morgan fingerprint density at radius 2 is 1.56 bits per heavy atom. The number of imidazole rings is 1. The van der Waals surface area contributed by atoms with E-state index in [9.17, 15) is 0 Å². The zero-order valence-corrected chi connectivity index (χ0v) is 15.6. The number of rotatable bonds is 3. The molecule has 5 rings (SSSR count). The van der Waals surface area contributed by atoms with Crippen molar-refractivity contribution >= 4 is 22.7 Å². The van der Waals surface area contributed by atoms with Crippen LogP contribution in [-0.2, 0) is 0 Å². The number of benzene rings is 1. The topological polar surface area (TPSA) is 60.9 Å². The third-order valence-electron chi connectivity index (χ3n) is 5.82. The maximum atomic E-state index is 5.08. The number of aromatic amines is 1. The summed E-state index contributed by atoms with van der Waals surface area (Å²) in [6, 6.07) is 8.23. The summed E-state index contributed by atoms with van der Waals surface area (Å²) in [4.78, 5) is 22.8. The van der Waals surface area contributed by atoms with E-state index in [0.29, 0.717) is 5.92 Å². The number of hydrogen-bond donors (Lipinski definition) is 1. The van der Waals surface area contributed by atoms with Crippen molar-refractivity contribution in [1.82, 2.24) is 19.9 Å². The molecule has 0 saturated carbocycles. The largest absolute Gasteiger partial charge is 0.354 e. The van der Waals surface area contributed by atoms with Crippen LogP contribution in [0.15, 0.2) is 36.7 Å². The second-order valence-electron chi connectivity index (χ2n) is 7.67. The second-order valence-corrected chi connectivity index (χ2v) is 7.67. The van der Waals surface area contributed by atoms with Gasteiger partial charge in [-0.2, -0.15) is 0 Å². The lowest BCUT2D eigenvalue weighted by Gasteiger charge is -2.36. The van der Waals surface area contributed by atoms with Crippen molar-refractivity contribution in [2.75, 3.05) is 36.0 Å². The van der Waals surface area contributed by atoms with E-state index >= 15 is 0 Å². The van der Waals surface area contributed by atoms with E-state index in [-0.39, 0.29) is 0 Å². The van der Waals surface area contributed by atoms with Crippen LogP contribution in [0.25, 0.3) is 11.0 Å². The Kier molecular flexibility index (Phi) is 4.40. The predicted molar refractivity (Wildman–Crippen MR) is 108 cm³/mol. The van der Waals surface area contributed by atoms with Crippen molar-refractivity contribution in [3.8, 4) is 0 Å². The van der Waals surface area contributed by atoms with Crippen molar-refractivity contribution in [3.05, 3.63) is 42.5 Å². The van der Waals surface area contributed by atoms with Crippen LogP contribution in [0.4, 0.5) is 11.6 Å². The number of para-hydroxylation sites is 2. The number of H-pyrrole nitrogens is 1. The van der Waals surface area contributed by atoms with Crippen molar-refractivity contribution < 1.29 is 0 Å². The van der Waals surface area contributed by atoms with E-state index in [0.717, 1.165) is 61.1 Å². The van der Waals surface area contributed by atoms with Crippen molar-refractivity contribution in [2.45, 2.75) is 38.0 Å². The third kappa shape index (κ3) is 3.24. The lowest BCUT2D eigenvalue weighted by Crippen LogP contribution is -2.38. The first-order valence-electron chi connectivity index (χ1n) is 10.1. The van der Waals surface area contributed by atoms with Gasteiger partial charge in [-0.15, -0.1) is 0 Å². The summed E-state index contributed by atoms with van der Waals surface area (Å²) < 4.78 is 0. The van der Waals surface area contributed by atoms with Gasteiger partial charge in [0.05, 0.1) is 11.0 Å². The first kappa shape index (κ1) is 16.5. The summed E-state index contributed by atoms with van der Waals surface area (Å²) in [5.41, 5.74) is 1.97. The van der Waals surface area contributed by atoms with Crippen LogP contribution in [0.1, 0.15) is 43.8 Å². The van der Waals surface area contributed by atoms with Crippen molar-refractivity contribution in [3.63, 3.8) is 0 Å². The Hall–Kier alpha value is -2.63. The highest BCUT2D eigenvalue weighted by Gasteiger charge is 2.28. The Labute approximate surface area is 159 Å². The SMILES string of the molecule is c1ccc2nc(N3CCCC(c4ncc[nH]4)C3)c(N3CCCCC3)nc2c1. The third-order valence-corrected chi connectivity index (χ3v) is 5.82. The van der Waals surface area contributed by atoms with E-state index in [4.69, 9.17) is 9.97 Å². The molecule has 1 atom stereocenters. The van der Waals surface area contributed by atoms with E-state index in [1.165, 1.54) is 25.7 Å². The van der Waals surface area contributed by atoms with E-state index in [1.807, 2.05) is 24.5 Å². The second kappa shape index (κ2) is 7.18. The van der Waals surface area contributed by atoms with Crippen LogP contribution >= 0.6 is 0 Å². The molecular formula is C21H26N6. The molecule has 0 amide bonds. The molecule has 2 aromatic heterocycles. The van der Waals surface area contributed by atoms with Crippen LogP contribution < -0.4 is 9.80 Å². The maximum Gasteiger partial charge on any atom is 0.172 e. The molecule has 0 aliphatic carbocycles. The molecule has 1 N–H and O–H groups in total. The summed E-state index contributed by atoms with van der Waals surface area (Å²) in [6.45, 7) is 4.14. The Morgan fingerprint density at radius 3 is 2.26 bits per heavy atom. The van der Waals surface area contributed by atoms with Gasteiger partial charge in [0, 0.05) is 44.5 Å². The maximum absolute atomic E-state index is 5.08. The molecule has 27 heavy (non-hydrogen) atoms. The highest BCUT2D eigenvalue weighted by atomic mass is 15.3. The van der Waals surface area contributed by atoms with Gasteiger partial charge in [0.15, 0.2) is 11.6 Å². The first-order valence-corrected chi connectivity index (χ1v) is 10.1. The van der Waals surface area contributed by atoms with Crippen LogP contribution in [0, 0.1) is 0 Å². The number of aromatic nitrogens is 4. The van der Waals surface area contributed by atoms with Gasteiger partial charge in [-0.3, -0.25) is 0 Å². The fourth-order valence-corrected chi connectivity index (χ4v) is 4.40. The van der Waals surface area contributed by atoms with Gasteiger partial charge in [-0.05, 0) is 44.2 Å². The molecule has 6 heteroatoms. The summed E-state index contributed by atoms with van der Waals surface area (Å²) in [5.74, 6) is 3.63. The average molecular weight is 362 g/mol. The first-order chi connectivity index (χ1) is 13.4. The molecule has 1 aromatic carbocycles. The number of piperidine rings is 2. The van der Waals surface area contributed by atoms with Gasteiger partial charge in [-0.1, -0.05) is 12.1 Å². The van der Waals surface area contributed by atoms with Gasteiger partial charge < -0.3 is 14.8 Å². The Morgan fingerprint density at radius 1 is 0.852 bits per heavy atom. The van der Waals surface area contributed by atoms with Crippen LogP contribution in [0.2, 0.25) is 0 Å². The molecule has 140 valence electrons. The van der Waals surface area contributed by atoms with Crippen LogP contribution in [-0.4, -0.2) is 46.1 Å². The Bertz CT molecular complexity index is 900. The average Bonchev–Trinajstić information content (AvgIpc) is 3.29. The molecule has 2 aliphatic rings. The summed E-state index contributed by atoms with van der Waals surface area (Å²) in [6.07, 6.45) is 9.89. The van der Waals surface area contributed by atoms with Gasteiger partial charge in [0.1, 0.15) is 5.82 Å². The highest BCUT2D eigenvalue weighted by Crippen LogP contribution is 2.34. The molecular weight excluding hydrogens is 336 g/mol. The fraction of sp³-hybridized carbons (Fsp3) is 0.476. The van der Waals surface area contributed by atoms with Crippen LogP contribution in [0.3, 0.4) is 0 Å². The molecule has 2 fully saturated rings. The van der Waals surface area contributed by atoms with Gasteiger partial charge in [0.2, 0.25) is 0 Å². The zero-order chi connectivity index (χ0) is 18.1. The lowest BCUT2D eigenvalue weighted by molar-refractivity contribution is 0.490. The summed E-state index contributed by atoms with van der Waals surface area (Å²) in [7, 11) is 0. The Balaban J connectivity index is 1.53. The summed E-state index contributed by atoms with van der Waals surface area (Å²) >= 11 is 0. The number of nitrogens with zero attached hydrogens (tertiary/aromatic N) is 5. The summed E-state index contributed by atoms with van der Waals surface area (Å²) in [5, 5.41) is 0. The van der Waals surface area contributed by atoms with E-state index < -0.39 is 0 Å². The molecule has 2 aliphatic heterocycles. The molecule has 0 bridgehead atoms. The minimum Gasteiger partial charge on any atom is -0.354 e. The van der Waals surface area contributed by atoms with Gasteiger partial charge in [0.25, 0.3) is 0 Å². The number of fused-ring (bicyclic) bond motifs is 1. The number of hydrogen-bond acceptors (Lipinski definition) is 5. The van der Waals surface area contributed by atoms with E-state index in [2.05, 4.69) is 31.9 Å². The minimum atomic E-state index is 0.427. The monoisotopic (exact) mass is 362 g/mol. The zero-order valence-electron chi connectivity index (χ0n) is 15.6. The quantitative estimate of drug-likeness (QED) is 0.769. The van der Waals surface area contributed by atoms with Crippen molar-refractivity contribution in [1.29, 1.82) is 0 Å². The minimum absolute atomic E-state index is 0.427. The van der Waals surface area contributed by atoms with Crippen molar-refractivity contribution in [2.24, 2.45) is 0 Å². The molecule has 3 aromatic rings. The van der Waals surface area contributed by atoms with Gasteiger partial charge >= 0.3 is 0 Å². The fourth-order valence-electron chi connectivity index (χ4n) is 4.40. The lowest BCUT2D eigenvalue weighted by atomic mass is 9.97. The molecule has 1 unspecified atom stereocenters. The number of anilines is 2. The predicted octanol–water partition coefficient (Wildman–Crippen LogP) is 3.73. The smallest absolute Gasteiger partial charge is 0.172 e. The molecule has 0 spiro atoms. The molecule has 4 heterocycles. The molecule has 0 radical (unpaired) electrons. The number of nitrogens with one attached hydrogen (secondary N) is 1. The normalized spacial score (nSPS) is 21.0. The molecule has 6 nitrogen and oxygen atoms in total. The van der Waals surface area contributed by atoms with E-state index in [1.54, 1.807) is 0 Å². The van der Waals surface area contributed by atoms with Crippen LogP contribution in [0.5, 0.6) is 0 Å². The van der Waals surface area contributed by atoms with Gasteiger partial charge in [-0.25, -0.2) is 15.0 Å².